The van der Waals surface area contributed by atoms with Gasteiger partial charge in [0, 0.05) is 18.3 Å². The molecule has 10 nitrogen and oxygen atoms in total. The second-order valence-electron chi connectivity index (χ2n) is 7.81. The van der Waals surface area contributed by atoms with Crippen molar-refractivity contribution >= 4 is 22.6 Å². The van der Waals surface area contributed by atoms with Crippen molar-refractivity contribution in [2.45, 2.75) is 13.8 Å². The number of tetrazole rings is 1. The van der Waals surface area contributed by atoms with Crippen molar-refractivity contribution in [1.29, 1.82) is 0 Å². The van der Waals surface area contributed by atoms with Crippen LogP contribution in [0.4, 0.5) is 5.69 Å². The van der Waals surface area contributed by atoms with Crippen molar-refractivity contribution in [2.24, 2.45) is 7.05 Å². The first kappa shape index (κ1) is 21.3. The summed E-state index contributed by atoms with van der Waals surface area (Å²) in [6.07, 6.45) is 0. The van der Waals surface area contributed by atoms with Crippen LogP contribution >= 0.6 is 0 Å². The topological polar surface area (TPSA) is 113 Å². The van der Waals surface area contributed by atoms with Crippen LogP contribution in [0.15, 0.2) is 54.6 Å². The summed E-state index contributed by atoms with van der Waals surface area (Å²) in [4.78, 5) is 18.3. The number of aryl methyl sites for hydroxylation is 3. The van der Waals surface area contributed by atoms with E-state index in [1.165, 1.54) is 0 Å². The van der Waals surface area contributed by atoms with Gasteiger partial charge < -0.3 is 10.1 Å². The molecule has 0 radical (unpaired) electrons. The molecule has 0 saturated carbocycles. The van der Waals surface area contributed by atoms with Crippen LogP contribution in [0.1, 0.15) is 21.9 Å². The van der Waals surface area contributed by atoms with Crippen LogP contribution in [0.2, 0.25) is 0 Å². The summed E-state index contributed by atoms with van der Waals surface area (Å²) in [6.45, 7) is 3.66. The molecule has 0 aliphatic rings. The molecule has 3 heterocycles. The van der Waals surface area contributed by atoms with E-state index in [-0.39, 0.29) is 5.91 Å². The normalized spacial score (nSPS) is 11.1. The number of hydrogen-bond donors (Lipinski definition) is 1. The Kier molecular flexibility index (Phi) is 5.25. The fraction of sp³-hybridized carbons (Fsp3) is 0.167. The smallest absolute Gasteiger partial charge is 0.256 e. The van der Waals surface area contributed by atoms with Crippen molar-refractivity contribution in [3.8, 4) is 22.7 Å². The van der Waals surface area contributed by atoms with Crippen LogP contribution in [0, 0.1) is 13.8 Å². The van der Waals surface area contributed by atoms with Gasteiger partial charge in [-0.05, 0) is 48.5 Å². The predicted octanol–water partition coefficient (Wildman–Crippen LogP) is 3.49. The van der Waals surface area contributed by atoms with Crippen molar-refractivity contribution in [1.82, 2.24) is 35.0 Å². The quantitative estimate of drug-likeness (QED) is 0.432. The van der Waals surface area contributed by atoms with Crippen LogP contribution in [0.25, 0.3) is 28.0 Å². The maximum atomic E-state index is 13.5. The van der Waals surface area contributed by atoms with Crippen LogP contribution < -0.4 is 10.1 Å². The van der Waals surface area contributed by atoms with Gasteiger partial charge in [0.05, 0.1) is 29.4 Å². The largest absolute Gasteiger partial charge is 0.494 e. The first-order chi connectivity index (χ1) is 16.5. The third kappa shape index (κ3) is 3.64. The summed E-state index contributed by atoms with van der Waals surface area (Å²) in [6, 6.07) is 16.9. The van der Waals surface area contributed by atoms with Crippen LogP contribution in [0.3, 0.4) is 0 Å². The molecule has 5 rings (SSSR count). The molecular formula is C24H22N8O2. The van der Waals surface area contributed by atoms with E-state index in [0.717, 1.165) is 11.3 Å². The van der Waals surface area contributed by atoms with Gasteiger partial charge in [-0.3, -0.25) is 9.48 Å². The lowest BCUT2D eigenvalue weighted by Gasteiger charge is -2.13. The number of nitrogens with one attached hydrogen (secondary N) is 1. The number of hydrogen-bond acceptors (Lipinski definition) is 7. The third-order valence-corrected chi connectivity index (χ3v) is 5.57. The van der Waals surface area contributed by atoms with E-state index in [1.54, 1.807) is 47.7 Å². The Labute approximate surface area is 195 Å². The lowest BCUT2D eigenvalue weighted by molar-refractivity contribution is 0.102. The molecule has 3 aromatic heterocycles. The zero-order valence-corrected chi connectivity index (χ0v) is 19.1. The second-order valence-corrected chi connectivity index (χ2v) is 7.81. The summed E-state index contributed by atoms with van der Waals surface area (Å²) in [5.74, 6) is 0.899. The summed E-state index contributed by atoms with van der Waals surface area (Å²) in [5, 5.41) is 19.8. The van der Waals surface area contributed by atoms with E-state index < -0.39 is 0 Å². The van der Waals surface area contributed by atoms with Crippen molar-refractivity contribution < 1.29 is 9.53 Å². The maximum Gasteiger partial charge on any atom is 0.256 e. The molecule has 170 valence electrons. The Morgan fingerprint density at radius 3 is 2.56 bits per heavy atom. The standard InChI is InChI=1S/C24H22N8O2/c1-14-22-18(13-19(16-8-6-5-7-9-16)26-23(22)31(3)28-14)24(33)25-17-10-11-21(34-4)20(12-17)32-15(2)27-29-30-32/h5-13H,1-4H3,(H,25,33). The molecule has 5 aromatic rings. The summed E-state index contributed by atoms with van der Waals surface area (Å²) in [7, 11) is 3.39. The van der Waals surface area contributed by atoms with E-state index in [4.69, 9.17) is 9.72 Å². The number of amides is 1. The Hall–Kier alpha value is -4.60. The minimum absolute atomic E-state index is 0.273. The van der Waals surface area contributed by atoms with Gasteiger partial charge in [0.2, 0.25) is 0 Å². The molecule has 10 heteroatoms. The highest BCUT2D eigenvalue weighted by molar-refractivity contribution is 6.13. The molecule has 0 unspecified atom stereocenters. The predicted molar refractivity (Wildman–Crippen MR) is 127 cm³/mol. The van der Waals surface area contributed by atoms with Crippen molar-refractivity contribution in [2.75, 3.05) is 12.4 Å². The highest BCUT2D eigenvalue weighted by atomic mass is 16.5. The van der Waals surface area contributed by atoms with Crippen LogP contribution in [-0.2, 0) is 7.05 Å². The molecule has 0 spiro atoms. The number of carbonyl (C=O) groups is 1. The summed E-state index contributed by atoms with van der Waals surface area (Å²) >= 11 is 0. The van der Waals surface area contributed by atoms with E-state index in [1.807, 2.05) is 44.3 Å². The molecule has 0 fully saturated rings. The monoisotopic (exact) mass is 454 g/mol. The van der Waals surface area contributed by atoms with E-state index in [0.29, 0.717) is 45.2 Å². The number of fused-ring (bicyclic) bond motifs is 1. The van der Waals surface area contributed by atoms with E-state index in [2.05, 4.69) is 25.9 Å². The molecule has 1 amide bonds. The Bertz CT molecular complexity index is 1520. The van der Waals surface area contributed by atoms with E-state index in [9.17, 15) is 4.79 Å². The average molecular weight is 454 g/mol. The molecule has 0 atom stereocenters. The maximum absolute atomic E-state index is 13.5. The van der Waals surface area contributed by atoms with Gasteiger partial charge >= 0.3 is 0 Å². The van der Waals surface area contributed by atoms with Gasteiger partial charge in [0.1, 0.15) is 11.4 Å². The zero-order chi connectivity index (χ0) is 23.8. The fourth-order valence-electron chi connectivity index (χ4n) is 3.97. The van der Waals surface area contributed by atoms with Crippen molar-refractivity contribution in [3.63, 3.8) is 0 Å². The lowest BCUT2D eigenvalue weighted by atomic mass is 10.0. The first-order valence-corrected chi connectivity index (χ1v) is 10.6. The van der Waals surface area contributed by atoms with Gasteiger partial charge in [0.25, 0.3) is 5.91 Å². The second kappa shape index (κ2) is 8.39. The van der Waals surface area contributed by atoms with Gasteiger partial charge in [-0.25, -0.2) is 4.98 Å². The minimum Gasteiger partial charge on any atom is -0.494 e. The molecule has 34 heavy (non-hydrogen) atoms. The number of benzene rings is 2. The number of rotatable bonds is 5. The number of methoxy groups -OCH3 is 1. The Balaban J connectivity index is 1.59. The average Bonchev–Trinajstić information content (AvgIpc) is 3.41. The number of carbonyl (C=O) groups excluding carboxylic acids is 1. The molecular weight excluding hydrogens is 432 g/mol. The molecule has 0 bridgehead atoms. The van der Waals surface area contributed by atoms with Gasteiger partial charge in [-0.1, -0.05) is 30.3 Å². The molecule has 1 N–H and O–H groups in total. The van der Waals surface area contributed by atoms with Crippen molar-refractivity contribution in [3.05, 3.63) is 71.7 Å². The zero-order valence-electron chi connectivity index (χ0n) is 19.1. The Morgan fingerprint density at radius 1 is 1.06 bits per heavy atom. The highest BCUT2D eigenvalue weighted by Gasteiger charge is 2.20. The number of ether oxygens (including phenoxy) is 1. The van der Waals surface area contributed by atoms with E-state index >= 15 is 0 Å². The highest BCUT2D eigenvalue weighted by Crippen LogP contribution is 2.29. The lowest BCUT2D eigenvalue weighted by Crippen LogP contribution is -2.14. The Morgan fingerprint density at radius 2 is 1.85 bits per heavy atom. The number of anilines is 1. The number of pyridine rings is 1. The first-order valence-electron chi connectivity index (χ1n) is 10.6. The third-order valence-electron chi connectivity index (χ3n) is 5.57. The summed E-state index contributed by atoms with van der Waals surface area (Å²) < 4.78 is 8.71. The van der Waals surface area contributed by atoms with Crippen LogP contribution in [0.5, 0.6) is 5.75 Å². The summed E-state index contributed by atoms with van der Waals surface area (Å²) in [5.41, 5.74) is 4.66. The molecule has 2 aromatic carbocycles. The molecule has 0 saturated heterocycles. The van der Waals surface area contributed by atoms with Crippen LogP contribution in [-0.4, -0.2) is 48.0 Å². The fourth-order valence-corrected chi connectivity index (χ4v) is 3.97. The molecule has 0 aliphatic carbocycles. The number of aromatic nitrogens is 7. The minimum atomic E-state index is -0.273. The van der Waals surface area contributed by atoms with Gasteiger partial charge in [-0.2, -0.15) is 9.78 Å². The number of nitrogens with zero attached hydrogens (tertiary/aromatic N) is 7. The van der Waals surface area contributed by atoms with Gasteiger partial charge in [-0.15, -0.1) is 5.10 Å². The SMILES string of the molecule is COc1ccc(NC(=O)c2cc(-c3ccccc3)nc3c2c(C)nn3C)cc1-n1nnnc1C. The molecule has 0 aliphatic heterocycles. The van der Waals surface area contributed by atoms with Gasteiger partial charge in [0.15, 0.2) is 11.5 Å².